The van der Waals surface area contributed by atoms with Gasteiger partial charge in [-0.1, -0.05) is 40.5 Å². The fourth-order valence-corrected chi connectivity index (χ4v) is 2.93. The van der Waals surface area contributed by atoms with Gasteiger partial charge in [0.2, 0.25) is 5.89 Å². The van der Waals surface area contributed by atoms with E-state index in [9.17, 15) is 0 Å². The van der Waals surface area contributed by atoms with Crippen LogP contribution in [0, 0.1) is 0 Å². The van der Waals surface area contributed by atoms with E-state index < -0.39 is 0 Å². The van der Waals surface area contributed by atoms with Crippen LogP contribution in [0.2, 0.25) is 10.0 Å². The maximum atomic E-state index is 6.09. The van der Waals surface area contributed by atoms with Gasteiger partial charge in [-0.2, -0.15) is 4.98 Å². The predicted molar refractivity (Wildman–Crippen MR) is 83.9 cm³/mol. The van der Waals surface area contributed by atoms with Crippen LogP contribution in [0.1, 0.15) is 28.2 Å². The first-order chi connectivity index (χ1) is 10.1. The van der Waals surface area contributed by atoms with Gasteiger partial charge in [0.05, 0.1) is 10.0 Å². The number of thiophene rings is 1. The van der Waals surface area contributed by atoms with E-state index in [2.05, 4.69) is 10.1 Å². The molecule has 0 aliphatic heterocycles. The Morgan fingerprint density at radius 2 is 2.10 bits per heavy atom. The molecule has 2 heterocycles. The molecule has 108 valence electrons. The van der Waals surface area contributed by atoms with Crippen LogP contribution < -0.4 is 5.73 Å². The van der Waals surface area contributed by atoms with Crippen LogP contribution in [0.3, 0.4) is 0 Å². The summed E-state index contributed by atoms with van der Waals surface area (Å²) in [5.74, 6) is 0.975. The van der Waals surface area contributed by atoms with Gasteiger partial charge in [0.1, 0.15) is 6.04 Å². The average molecular weight is 340 g/mol. The van der Waals surface area contributed by atoms with Gasteiger partial charge in [0.25, 0.3) is 0 Å². The van der Waals surface area contributed by atoms with Crippen LogP contribution in [-0.4, -0.2) is 10.1 Å². The molecule has 2 N–H and O–H groups in total. The maximum absolute atomic E-state index is 6.09. The minimum absolute atomic E-state index is 0.389. The molecule has 4 nitrogen and oxygen atoms in total. The van der Waals surface area contributed by atoms with Gasteiger partial charge in [-0.3, -0.25) is 0 Å². The summed E-state index contributed by atoms with van der Waals surface area (Å²) in [5.41, 5.74) is 7.05. The number of hydrogen-bond acceptors (Lipinski definition) is 5. The zero-order valence-corrected chi connectivity index (χ0v) is 13.1. The van der Waals surface area contributed by atoms with E-state index >= 15 is 0 Å². The van der Waals surface area contributed by atoms with Crippen molar-refractivity contribution in [2.75, 3.05) is 0 Å². The minimum atomic E-state index is -0.389. The van der Waals surface area contributed by atoms with Gasteiger partial charge in [-0.05, 0) is 29.1 Å². The van der Waals surface area contributed by atoms with Crippen molar-refractivity contribution in [3.63, 3.8) is 0 Å². The lowest BCUT2D eigenvalue weighted by Crippen LogP contribution is -2.10. The van der Waals surface area contributed by atoms with Crippen LogP contribution >= 0.6 is 34.5 Å². The number of nitrogens with two attached hydrogens (primary N) is 1. The normalized spacial score (nSPS) is 12.5. The topological polar surface area (TPSA) is 64.9 Å². The van der Waals surface area contributed by atoms with E-state index in [4.69, 9.17) is 33.5 Å². The highest BCUT2D eigenvalue weighted by Gasteiger charge is 2.17. The molecule has 3 rings (SSSR count). The summed E-state index contributed by atoms with van der Waals surface area (Å²) in [6.45, 7) is 0. The number of halogens is 2. The molecule has 0 aliphatic carbocycles. The van der Waals surface area contributed by atoms with Crippen LogP contribution in [0.4, 0.5) is 0 Å². The average Bonchev–Trinajstić information content (AvgIpc) is 3.13. The SMILES string of the molecule is NC(c1nc(Cc2ccc(Cl)c(Cl)c2)no1)c1cccs1. The summed E-state index contributed by atoms with van der Waals surface area (Å²) in [6, 6.07) is 8.91. The van der Waals surface area contributed by atoms with Crippen molar-refractivity contribution >= 4 is 34.5 Å². The van der Waals surface area contributed by atoms with Gasteiger partial charge in [0.15, 0.2) is 5.82 Å². The zero-order valence-electron chi connectivity index (χ0n) is 10.8. The van der Waals surface area contributed by atoms with Gasteiger partial charge in [-0.15, -0.1) is 11.3 Å². The third-order valence-corrected chi connectivity index (χ3v) is 4.64. The Labute approximate surface area is 135 Å². The molecular weight excluding hydrogens is 329 g/mol. The van der Waals surface area contributed by atoms with Crippen molar-refractivity contribution in [2.24, 2.45) is 5.73 Å². The molecule has 0 radical (unpaired) electrons. The molecule has 0 aliphatic rings. The molecular formula is C14H11Cl2N3OS. The second-order valence-corrected chi connectivity index (χ2v) is 6.26. The first-order valence-electron chi connectivity index (χ1n) is 6.19. The molecule has 1 aromatic carbocycles. The third-order valence-electron chi connectivity index (χ3n) is 2.95. The Hall–Kier alpha value is -1.40. The molecule has 1 unspecified atom stereocenters. The Bertz CT molecular complexity index is 743. The molecule has 0 spiro atoms. The third kappa shape index (κ3) is 3.27. The highest BCUT2D eigenvalue weighted by molar-refractivity contribution is 7.10. The molecule has 1 atom stereocenters. The Morgan fingerprint density at radius 3 is 2.81 bits per heavy atom. The summed E-state index contributed by atoms with van der Waals surface area (Å²) in [5, 5.41) is 6.95. The van der Waals surface area contributed by atoms with Crippen LogP contribution in [0.5, 0.6) is 0 Å². The predicted octanol–water partition coefficient (Wildman–Crippen LogP) is 4.08. The maximum Gasteiger partial charge on any atom is 0.248 e. The fourth-order valence-electron chi connectivity index (χ4n) is 1.89. The van der Waals surface area contributed by atoms with Crippen molar-refractivity contribution in [3.05, 3.63) is 67.9 Å². The molecule has 2 aromatic heterocycles. The van der Waals surface area contributed by atoms with Crippen molar-refractivity contribution in [3.8, 4) is 0 Å². The van der Waals surface area contributed by atoms with Crippen LogP contribution in [0.15, 0.2) is 40.2 Å². The summed E-state index contributed by atoms with van der Waals surface area (Å²) in [6.07, 6.45) is 0.511. The summed E-state index contributed by atoms with van der Waals surface area (Å²) in [4.78, 5) is 5.33. The molecule has 0 saturated heterocycles. The lowest BCUT2D eigenvalue weighted by atomic mass is 10.1. The minimum Gasteiger partial charge on any atom is -0.337 e. The second-order valence-electron chi connectivity index (χ2n) is 4.47. The van der Waals surface area contributed by atoms with E-state index in [0.29, 0.717) is 28.2 Å². The number of benzene rings is 1. The molecule has 3 aromatic rings. The van der Waals surface area contributed by atoms with Crippen molar-refractivity contribution in [1.29, 1.82) is 0 Å². The molecule has 7 heteroatoms. The van der Waals surface area contributed by atoms with Gasteiger partial charge in [0, 0.05) is 11.3 Å². The van der Waals surface area contributed by atoms with Crippen LogP contribution in [-0.2, 0) is 6.42 Å². The molecule has 21 heavy (non-hydrogen) atoms. The van der Waals surface area contributed by atoms with Crippen molar-refractivity contribution in [2.45, 2.75) is 12.5 Å². The number of rotatable bonds is 4. The first-order valence-corrected chi connectivity index (χ1v) is 7.82. The molecule has 0 fully saturated rings. The first kappa shape index (κ1) is 14.5. The molecule has 0 saturated carbocycles. The number of hydrogen-bond donors (Lipinski definition) is 1. The summed E-state index contributed by atoms with van der Waals surface area (Å²) >= 11 is 13.4. The second kappa shape index (κ2) is 6.15. The Morgan fingerprint density at radius 1 is 1.24 bits per heavy atom. The molecule has 0 amide bonds. The van der Waals surface area contributed by atoms with Gasteiger partial charge >= 0.3 is 0 Å². The van der Waals surface area contributed by atoms with Crippen LogP contribution in [0.25, 0.3) is 0 Å². The highest BCUT2D eigenvalue weighted by Crippen LogP contribution is 2.25. The smallest absolute Gasteiger partial charge is 0.248 e. The van der Waals surface area contributed by atoms with E-state index in [1.807, 2.05) is 23.6 Å². The van der Waals surface area contributed by atoms with E-state index in [1.165, 1.54) is 0 Å². The van der Waals surface area contributed by atoms with Gasteiger partial charge in [-0.25, -0.2) is 0 Å². The number of aromatic nitrogens is 2. The largest absolute Gasteiger partial charge is 0.337 e. The summed E-state index contributed by atoms with van der Waals surface area (Å²) in [7, 11) is 0. The summed E-state index contributed by atoms with van der Waals surface area (Å²) < 4.78 is 5.24. The van der Waals surface area contributed by atoms with Gasteiger partial charge < -0.3 is 10.3 Å². The number of nitrogens with zero attached hydrogens (tertiary/aromatic N) is 2. The van der Waals surface area contributed by atoms with Crippen molar-refractivity contribution < 1.29 is 4.52 Å². The monoisotopic (exact) mass is 339 g/mol. The highest BCUT2D eigenvalue weighted by atomic mass is 35.5. The fraction of sp³-hybridized carbons (Fsp3) is 0.143. The Balaban J connectivity index is 1.77. The van der Waals surface area contributed by atoms with E-state index in [0.717, 1.165) is 10.4 Å². The van der Waals surface area contributed by atoms with E-state index in [1.54, 1.807) is 23.5 Å². The lowest BCUT2D eigenvalue weighted by Gasteiger charge is -2.02. The van der Waals surface area contributed by atoms with E-state index in [-0.39, 0.29) is 6.04 Å². The molecule has 0 bridgehead atoms. The quantitative estimate of drug-likeness (QED) is 0.777. The standard InChI is InChI=1S/C14H11Cl2N3OS/c15-9-4-3-8(6-10(9)16)7-12-18-14(20-19-12)13(17)11-2-1-5-21-11/h1-6,13H,7,17H2. The zero-order chi connectivity index (χ0) is 14.8. The lowest BCUT2D eigenvalue weighted by molar-refractivity contribution is 0.364. The Kier molecular flexibility index (Phi) is 4.26. The van der Waals surface area contributed by atoms with Crippen molar-refractivity contribution in [1.82, 2.24) is 10.1 Å².